The zero-order valence-corrected chi connectivity index (χ0v) is 14.3. The van der Waals surface area contributed by atoms with Gasteiger partial charge in [0, 0.05) is 17.3 Å². The molecule has 1 aliphatic heterocycles. The standard InChI is InChI=1S/C17H15NO4S2/c19-24(20,18-8-1-2-9-18)17-7-10-23-16(17)6-4-13-3-5-14-15(11-13)22-12-21-14/h1-3,5,7-11H,4,6,12H2. The second kappa shape index (κ2) is 5.99. The second-order valence-corrected chi connectivity index (χ2v) is 8.23. The van der Waals surface area contributed by atoms with Crippen LogP contribution in [0.1, 0.15) is 10.4 Å². The zero-order valence-electron chi connectivity index (χ0n) is 12.7. The number of benzene rings is 1. The predicted molar refractivity (Wildman–Crippen MR) is 91.3 cm³/mol. The number of rotatable bonds is 5. The van der Waals surface area contributed by atoms with E-state index in [1.165, 1.54) is 15.3 Å². The maximum Gasteiger partial charge on any atom is 0.268 e. The van der Waals surface area contributed by atoms with Gasteiger partial charge in [-0.05, 0) is 54.1 Å². The summed E-state index contributed by atoms with van der Waals surface area (Å²) in [5.74, 6) is 1.50. The number of aromatic nitrogens is 1. The van der Waals surface area contributed by atoms with Crippen molar-refractivity contribution in [3.05, 3.63) is 64.6 Å². The van der Waals surface area contributed by atoms with Gasteiger partial charge in [0.25, 0.3) is 10.0 Å². The van der Waals surface area contributed by atoms with Crippen LogP contribution in [-0.2, 0) is 22.9 Å². The van der Waals surface area contributed by atoms with Crippen LogP contribution in [0.15, 0.2) is 59.1 Å². The van der Waals surface area contributed by atoms with Crippen LogP contribution < -0.4 is 9.47 Å². The summed E-state index contributed by atoms with van der Waals surface area (Å²) in [6.07, 6.45) is 4.50. The molecule has 0 saturated heterocycles. The first-order chi connectivity index (χ1) is 11.6. The van der Waals surface area contributed by atoms with E-state index in [-0.39, 0.29) is 6.79 Å². The molecule has 0 bridgehead atoms. The number of fused-ring (bicyclic) bond motifs is 1. The molecule has 24 heavy (non-hydrogen) atoms. The van der Waals surface area contributed by atoms with E-state index in [1.54, 1.807) is 30.6 Å². The maximum absolute atomic E-state index is 12.7. The first-order valence-corrected chi connectivity index (χ1v) is 9.80. The lowest BCUT2D eigenvalue weighted by molar-refractivity contribution is 0.174. The molecule has 3 heterocycles. The molecule has 0 spiro atoms. The Balaban J connectivity index is 1.56. The van der Waals surface area contributed by atoms with Crippen molar-refractivity contribution in [1.29, 1.82) is 0 Å². The minimum atomic E-state index is -3.51. The van der Waals surface area contributed by atoms with E-state index in [1.807, 2.05) is 23.6 Å². The van der Waals surface area contributed by atoms with Gasteiger partial charge in [-0.15, -0.1) is 11.3 Å². The van der Waals surface area contributed by atoms with Gasteiger partial charge in [-0.25, -0.2) is 12.4 Å². The van der Waals surface area contributed by atoms with Crippen LogP contribution in [0, 0.1) is 0 Å². The molecule has 124 valence electrons. The Labute approximate surface area is 144 Å². The van der Waals surface area contributed by atoms with Crippen molar-refractivity contribution in [3.63, 3.8) is 0 Å². The molecule has 0 N–H and O–H groups in total. The molecule has 0 aliphatic carbocycles. The van der Waals surface area contributed by atoms with Crippen molar-refractivity contribution in [2.45, 2.75) is 17.7 Å². The van der Waals surface area contributed by atoms with Gasteiger partial charge in [-0.1, -0.05) is 6.07 Å². The number of thiophene rings is 1. The first kappa shape index (κ1) is 15.3. The molecule has 3 aromatic rings. The molecule has 0 amide bonds. The van der Waals surface area contributed by atoms with Crippen LogP contribution in [-0.4, -0.2) is 19.2 Å². The van der Waals surface area contributed by atoms with Crippen molar-refractivity contribution in [2.75, 3.05) is 6.79 Å². The quantitative estimate of drug-likeness (QED) is 0.700. The summed E-state index contributed by atoms with van der Waals surface area (Å²) in [4.78, 5) is 1.24. The van der Waals surface area contributed by atoms with E-state index in [9.17, 15) is 8.42 Å². The number of ether oxygens (including phenoxy) is 2. The lowest BCUT2D eigenvalue weighted by Crippen LogP contribution is -2.11. The Hall–Kier alpha value is -2.25. The predicted octanol–water partition coefficient (Wildman–Crippen LogP) is 3.30. The third kappa shape index (κ3) is 2.70. The Morgan fingerprint density at radius 2 is 1.83 bits per heavy atom. The number of aryl methyl sites for hydroxylation is 2. The number of hydrogen-bond donors (Lipinski definition) is 0. The van der Waals surface area contributed by atoms with E-state index < -0.39 is 10.0 Å². The van der Waals surface area contributed by atoms with Crippen molar-refractivity contribution in [3.8, 4) is 11.5 Å². The molecule has 0 saturated carbocycles. The van der Waals surface area contributed by atoms with E-state index in [2.05, 4.69) is 0 Å². The summed E-state index contributed by atoms with van der Waals surface area (Å²) < 4.78 is 37.3. The Morgan fingerprint density at radius 3 is 2.67 bits per heavy atom. The van der Waals surface area contributed by atoms with Crippen LogP contribution in [0.2, 0.25) is 0 Å². The highest BCUT2D eigenvalue weighted by Crippen LogP contribution is 2.33. The average molecular weight is 361 g/mol. The van der Waals surface area contributed by atoms with Crippen LogP contribution in [0.5, 0.6) is 11.5 Å². The highest BCUT2D eigenvalue weighted by atomic mass is 32.2. The minimum absolute atomic E-state index is 0.253. The van der Waals surface area contributed by atoms with Crippen LogP contribution in [0.3, 0.4) is 0 Å². The summed E-state index contributed by atoms with van der Waals surface area (Å²) in [6, 6.07) is 10.9. The van der Waals surface area contributed by atoms with Gasteiger partial charge >= 0.3 is 0 Å². The van der Waals surface area contributed by atoms with Gasteiger partial charge in [0.1, 0.15) is 4.90 Å². The monoisotopic (exact) mass is 361 g/mol. The van der Waals surface area contributed by atoms with Crippen molar-refractivity contribution >= 4 is 21.4 Å². The minimum Gasteiger partial charge on any atom is -0.454 e. The molecular formula is C17H15NO4S2. The summed E-state index contributed by atoms with van der Waals surface area (Å²) in [6.45, 7) is 0.253. The lowest BCUT2D eigenvalue weighted by Gasteiger charge is -2.07. The number of hydrogen-bond acceptors (Lipinski definition) is 5. The van der Waals surface area contributed by atoms with Crippen molar-refractivity contribution in [1.82, 2.24) is 3.97 Å². The van der Waals surface area contributed by atoms with Gasteiger partial charge in [0.2, 0.25) is 6.79 Å². The molecule has 0 atom stereocenters. The largest absolute Gasteiger partial charge is 0.454 e. The fraction of sp³-hybridized carbons (Fsp3) is 0.176. The molecule has 1 aliphatic rings. The molecule has 7 heteroatoms. The van der Waals surface area contributed by atoms with Gasteiger partial charge in [-0.2, -0.15) is 0 Å². The summed E-state index contributed by atoms with van der Waals surface area (Å²) in [5, 5.41) is 1.82. The fourth-order valence-electron chi connectivity index (χ4n) is 2.69. The SMILES string of the molecule is O=S(=O)(c1ccsc1CCc1ccc2c(c1)OCO2)n1cccc1. The van der Waals surface area contributed by atoms with Gasteiger partial charge in [0.05, 0.1) is 0 Å². The zero-order chi connectivity index (χ0) is 16.6. The van der Waals surface area contributed by atoms with Crippen LogP contribution in [0.25, 0.3) is 0 Å². The molecule has 0 unspecified atom stereocenters. The Bertz CT molecular complexity index is 958. The van der Waals surface area contributed by atoms with E-state index in [0.29, 0.717) is 11.3 Å². The first-order valence-electron chi connectivity index (χ1n) is 7.48. The van der Waals surface area contributed by atoms with Gasteiger partial charge < -0.3 is 9.47 Å². The molecule has 1 aromatic carbocycles. The highest BCUT2D eigenvalue weighted by Gasteiger charge is 2.21. The summed E-state index contributed by atoms with van der Waals surface area (Å²) in [5.41, 5.74) is 1.09. The third-order valence-electron chi connectivity index (χ3n) is 3.91. The fourth-order valence-corrected chi connectivity index (χ4v) is 5.32. The molecule has 0 fully saturated rings. The lowest BCUT2D eigenvalue weighted by atomic mass is 10.1. The smallest absolute Gasteiger partial charge is 0.268 e. The normalized spacial score (nSPS) is 13.3. The average Bonchev–Trinajstić information content (AvgIpc) is 3.33. The van der Waals surface area contributed by atoms with Gasteiger partial charge in [-0.3, -0.25) is 0 Å². The van der Waals surface area contributed by atoms with Crippen LogP contribution in [0.4, 0.5) is 0 Å². The topological polar surface area (TPSA) is 57.5 Å². The molecule has 2 aromatic heterocycles. The molecule has 4 rings (SSSR count). The summed E-state index contributed by atoms with van der Waals surface area (Å²) >= 11 is 1.47. The third-order valence-corrected chi connectivity index (χ3v) is 6.76. The molecule has 0 radical (unpaired) electrons. The highest BCUT2D eigenvalue weighted by molar-refractivity contribution is 7.90. The van der Waals surface area contributed by atoms with E-state index in [0.717, 1.165) is 28.4 Å². The number of nitrogens with zero attached hydrogens (tertiary/aromatic N) is 1. The second-order valence-electron chi connectivity index (χ2n) is 5.41. The van der Waals surface area contributed by atoms with Gasteiger partial charge in [0.15, 0.2) is 11.5 Å². The maximum atomic E-state index is 12.7. The Morgan fingerprint density at radius 1 is 1.04 bits per heavy atom. The van der Waals surface area contributed by atoms with E-state index in [4.69, 9.17) is 9.47 Å². The Kier molecular flexibility index (Phi) is 3.82. The van der Waals surface area contributed by atoms with E-state index >= 15 is 0 Å². The van der Waals surface area contributed by atoms with Crippen molar-refractivity contribution in [2.24, 2.45) is 0 Å². The van der Waals surface area contributed by atoms with Crippen molar-refractivity contribution < 1.29 is 17.9 Å². The molecule has 5 nitrogen and oxygen atoms in total. The van der Waals surface area contributed by atoms with Crippen LogP contribution >= 0.6 is 11.3 Å². The summed E-state index contributed by atoms with van der Waals surface area (Å²) in [7, 11) is -3.51. The molecular weight excluding hydrogens is 346 g/mol.